The molecule has 0 aromatic heterocycles. The maximum Gasteiger partial charge on any atom is 0.264 e. The van der Waals surface area contributed by atoms with Gasteiger partial charge in [0.1, 0.15) is 19.0 Å². The van der Waals surface area contributed by atoms with Crippen LogP contribution in [0.1, 0.15) is 59.8 Å². The summed E-state index contributed by atoms with van der Waals surface area (Å²) in [5.41, 5.74) is 2.42. The van der Waals surface area contributed by atoms with Crippen LogP contribution in [0.5, 0.6) is 11.5 Å². The number of fused-ring (bicyclic) bond motifs is 2. The molecule has 5 rings (SSSR count). The van der Waals surface area contributed by atoms with Gasteiger partial charge in [0.15, 0.2) is 11.5 Å². The summed E-state index contributed by atoms with van der Waals surface area (Å²) in [5.74, 6) is -0.609. The number of carbonyl (C=O) groups is 1. The van der Waals surface area contributed by atoms with Crippen LogP contribution >= 0.6 is 11.6 Å². The fourth-order valence-electron chi connectivity index (χ4n) is 5.19. The Balaban J connectivity index is 1.73. The van der Waals surface area contributed by atoms with Gasteiger partial charge in [-0.3, -0.25) is 8.98 Å². The predicted molar refractivity (Wildman–Crippen MR) is 147 cm³/mol. The number of rotatable bonds is 5. The van der Waals surface area contributed by atoms with Gasteiger partial charge >= 0.3 is 0 Å². The topological polar surface area (TPSA) is 82.1 Å². The monoisotopic (exact) mass is 573 g/mol. The fourth-order valence-corrected chi connectivity index (χ4v) is 6.04. The number of benzene rings is 3. The molecule has 2 aliphatic heterocycles. The Labute approximate surface area is 232 Å². The normalized spacial score (nSPS) is 19.1. The Morgan fingerprint density at radius 1 is 1.03 bits per heavy atom. The first-order valence-electron chi connectivity index (χ1n) is 12.5. The third-order valence-corrected chi connectivity index (χ3v) is 7.81. The molecule has 1 amide bonds. The van der Waals surface area contributed by atoms with Gasteiger partial charge in [0, 0.05) is 22.2 Å². The highest BCUT2D eigenvalue weighted by Gasteiger charge is 2.43. The molecule has 2 aliphatic rings. The van der Waals surface area contributed by atoms with Crippen LogP contribution in [0.4, 0.5) is 10.1 Å². The molecule has 0 N–H and O–H groups in total. The van der Waals surface area contributed by atoms with Gasteiger partial charge in [-0.05, 0) is 58.5 Å². The van der Waals surface area contributed by atoms with E-state index in [-0.39, 0.29) is 17.6 Å². The molecule has 0 bridgehead atoms. The summed E-state index contributed by atoms with van der Waals surface area (Å²) < 4.78 is 55.3. The van der Waals surface area contributed by atoms with E-state index in [1.807, 2.05) is 32.9 Å². The lowest BCUT2D eigenvalue weighted by Gasteiger charge is -2.42. The summed E-state index contributed by atoms with van der Waals surface area (Å²) in [6.45, 7) is 6.63. The maximum absolute atomic E-state index is 14.4. The van der Waals surface area contributed by atoms with E-state index in [1.165, 1.54) is 23.1 Å². The minimum atomic E-state index is -3.82. The average Bonchev–Trinajstić information content (AvgIpc) is 2.86. The van der Waals surface area contributed by atoms with Crippen molar-refractivity contribution in [2.45, 2.75) is 38.1 Å². The zero-order chi connectivity index (χ0) is 28.1. The largest absolute Gasteiger partial charge is 0.486 e. The second-order valence-electron chi connectivity index (χ2n) is 10.8. The van der Waals surface area contributed by atoms with Gasteiger partial charge in [-0.15, -0.1) is 0 Å². The highest BCUT2D eigenvalue weighted by molar-refractivity contribution is 7.85. The first kappa shape index (κ1) is 27.4. The molecule has 0 saturated heterocycles. The van der Waals surface area contributed by atoms with Crippen LogP contribution in [0.2, 0.25) is 5.02 Å². The molecule has 0 aliphatic carbocycles. The number of hydrogen-bond acceptors (Lipinski definition) is 6. The minimum Gasteiger partial charge on any atom is -0.486 e. The lowest BCUT2D eigenvalue weighted by atomic mass is 9.79. The van der Waals surface area contributed by atoms with Crippen LogP contribution in [0.3, 0.4) is 0 Å². The first-order chi connectivity index (χ1) is 18.3. The molecule has 7 nitrogen and oxygen atoms in total. The Kier molecular flexibility index (Phi) is 7.11. The molecule has 3 aromatic rings. The number of carbonyl (C=O) groups excluding carboxylic acids is 1. The van der Waals surface area contributed by atoms with Gasteiger partial charge in [-0.1, -0.05) is 50.6 Å². The highest BCUT2D eigenvalue weighted by Crippen LogP contribution is 2.48. The maximum atomic E-state index is 14.4. The van der Waals surface area contributed by atoms with E-state index in [4.69, 9.17) is 25.3 Å². The molecule has 0 radical (unpaired) electrons. The van der Waals surface area contributed by atoms with Crippen molar-refractivity contribution >= 4 is 33.3 Å². The van der Waals surface area contributed by atoms with Crippen molar-refractivity contribution in [2.75, 3.05) is 31.0 Å². The zero-order valence-electron chi connectivity index (χ0n) is 22.0. The molecule has 0 fully saturated rings. The molecule has 2 atom stereocenters. The summed E-state index contributed by atoms with van der Waals surface area (Å²) >= 11 is 6.71. The van der Waals surface area contributed by atoms with Gasteiger partial charge in [-0.25, -0.2) is 4.39 Å². The lowest BCUT2D eigenvalue weighted by Crippen LogP contribution is -2.44. The minimum absolute atomic E-state index is 0.127. The van der Waals surface area contributed by atoms with Crippen LogP contribution in [-0.4, -0.2) is 40.4 Å². The summed E-state index contributed by atoms with van der Waals surface area (Å²) in [4.78, 5) is 15.6. The quantitative estimate of drug-likeness (QED) is 0.348. The SMILES string of the molecule is CC(C)(C)c1ccc(N2C(=O)c3cc(F)ccc3[C@H](COS(C)(=O)=O)[C@H]2c2ccc3c(c2)OCCO3)cc1Cl. The molecule has 206 valence electrons. The smallest absolute Gasteiger partial charge is 0.264 e. The molecule has 39 heavy (non-hydrogen) atoms. The van der Waals surface area contributed by atoms with Crippen molar-refractivity contribution < 1.29 is 31.3 Å². The Bertz CT molecular complexity index is 1550. The molecule has 10 heteroatoms. The molecule has 2 heterocycles. The zero-order valence-corrected chi connectivity index (χ0v) is 23.6. The number of amides is 1. The van der Waals surface area contributed by atoms with Crippen LogP contribution in [0.25, 0.3) is 0 Å². The Morgan fingerprint density at radius 3 is 2.41 bits per heavy atom. The van der Waals surface area contributed by atoms with E-state index in [1.54, 1.807) is 24.3 Å². The molecular weight excluding hydrogens is 545 g/mol. The van der Waals surface area contributed by atoms with Crippen molar-refractivity contribution in [2.24, 2.45) is 0 Å². The molecule has 0 spiro atoms. The molecule has 3 aromatic carbocycles. The standard InChI is InChI=1S/C29H29ClFNO6S/c1-29(2,3)23-9-7-19(15-24(23)30)32-27(17-5-10-25-26(13-17)37-12-11-36-25)22(16-38-39(4,34)35)20-8-6-18(31)14-21(20)28(32)33/h5-10,13-15,22,27H,11-12,16H2,1-4H3/t22-,27+/m0/s1. The van der Waals surface area contributed by atoms with Gasteiger partial charge in [0.05, 0.1) is 18.9 Å². The third-order valence-electron chi connectivity index (χ3n) is 6.93. The summed E-state index contributed by atoms with van der Waals surface area (Å²) in [6.07, 6.45) is 0.967. The number of halogens is 2. The summed E-state index contributed by atoms with van der Waals surface area (Å²) in [7, 11) is -3.82. The van der Waals surface area contributed by atoms with E-state index in [2.05, 4.69) is 0 Å². The molecular formula is C29H29ClFNO6S. The van der Waals surface area contributed by atoms with E-state index in [0.29, 0.717) is 46.5 Å². The number of anilines is 1. The average molecular weight is 574 g/mol. The van der Waals surface area contributed by atoms with Crippen molar-refractivity contribution in [3.8, 4) is 11.5 Å². The first-order valence-corrected chi connectivity index (χ1v) is 14.7. The van der Waals surface area contributed by atoms with Crippen molar-refractivity contribution in [1.82, 2.24) is 0 Å². The van der Waals surface area contributed by atoms with Crippen LogP contribution in [0, 0.1) is 5.82 Å². The second-order valence-corrected chi connectivity index (χ2v) is 12.8. The van der Waals surface area contributed by atoms with Gasteiger partial charge in [0.2, 0.25) is 0 Å². The number of hydrogen-bond donors (Lipinski definition) is 0. The van der Waals surface area contributed by atoms with Crippen LogP contribution in [0.15, 0.2) is 54.6 Å². The van der Waals surface area contributed by atoms with Crippen molar-refractivity contribution in [3.63, 3.8) is 0 Å². The Hall–Kier alpha value is -3.14. The number of ether oxygens (including phenoxy) is 2. The van der Waals surface area contributed by atoms with Crippen LogP contribution < -0.4 is 14.4 Å². The summed E-state index contributed by atoms with van der Waals surface area (Å²) in [6, 6.07) is 13.9. The Morgan fingerprint density at radius 2 is 1.74 bits per heavy atom. The fraction of sp³-hybridized carbons (Fsp3) is 0.345. The lowest BCUT2D eigenvalue weighted by molar-refractivity contribution is 0.0952. The van der Waals surface area contributed by atoms with E-state index in [0.717, 1.165) is 11.8 Å². The van der Waals surface area contributed by atoms with Gasteiger partial charge in [0.25, 0.3) is 16.0 Å². The van der Waals surface area contributed by atoms with Gasteiger partial charge in [-0.2, -0.15) is 8.42 Å². The summed E-state index contributed by atoms with van der Waals surface area (Å²) in [5, 5.41) is 0.475. The van der Waals surface area contributed by atoms with Crippen LogP contribution in [-0.2, 0) is 19.7 Å². The second kappa shape index (κ2) is 10.1. The van der Waals surface area contributed by atoms with Gasteiger partial charge < -0.3 is 14.4 Å². The van der Waals surface area contributed by atoms with E-state index >= 15 is 0 Å². The predicted octanol–water partition coefficient (Wildman–Crippen LogP) is 6.01. The van der Waals surface area contributed by atoms with Crippen molar-refractivity contribution in [1.29, 1.82) is 0 Å². The van der Waals surface area contributed by atoms with E-state index in [9.17, 15) is 17.6 Å². The molecule has 0 unspecified atom stereocenters. The third kappa shape index (κ3) is 5.48. The van der Waals surface area contributed by atoms with Crippen molar-refractivity contribution in [3.05, 3.63) is 87.7 Å². The van der Waals surface area contributed by atoms with E-state index < -0.39 is 33.8 Å². The number of nitrogens with zero attached hydrogens (tertiary/aromatic N) is 1. The molecule has 0 saturated carbocycles. The highest BCUT2D eigenvalue weighted by atomic mass is 35.5.